The van der Waals surface area contributed by atoms with Crippen molar-refractivity contribution in [3.8, 4) is 11.5 Å². The van der Waals surface area contributed by atoms with Crippen molar-refractivity contribution >= 4 is 29.1 Å². The largest absolute Gasteiger partial charge is 0.493 e. The predicted octanol–water partition coefficient (Wildman–Crippen LogP) is 3.45. The quantitative estimate of drug-likeness (QED) is 0.165. The van der Waals surface area contributed by atoms with E-state index in [1.165, 1.54) is 29.9 Å². The molecule has 1 atom stereocenters. The molecule has 0 N–H and O–H groups in total. The second-order valence-electron chi connectivity index (χ2n) is 8.33. The van der Waals surface area contributed by atoms with Crippen LogP contribution in [0.2, 0.25) is 0 Å². The van der Waals surface area contributed by atoms with Crippen LogP contribution >= 0.6 is 11.3 Å². The summed E-state index contributed by atoms with van der Waals surface area (Å²) in [6, 6.07) is 10.2. The molecule has 4 rings (SSSR count). The van der Waals surface area contributed by atoms with Gasteiger partial charge in [0, 0.05) is 12.1 Å². The van der Waals surface area contributed by atoms with Gasteiger partial charge in [-0.2, -0.15) is 0 Å². The van der Waals surface area contributed by atoms with Crippen LogP contribution in [-0.4, -0.2) is 35.8 Å². The van der Waals surface area contributed by atoms with Gasteiger partial charge in [0.2, 0.25) is 0 Å². The molecule has 2 aromatic carbocycles. The summed E-state index contributed by atoms with van der Waals surface area (Å²) in [7, 11) is 1.49. The number of ether oxygens (including phenoxy) is 3. The highest BCUT2D eigenvalue weighted by molar-refractivity contribution is 7.07. The van der Waals surface area contributed by atoms with Crippen LogP contribution in [0.15, 0.2) is 88.8 Å². The first-order valence-corrected chi connectivity index (χ1v) is 12.6. The number of carbonyl (C=O) groups excluding carboxylic acids is 1. The number of hydrogen-bond donors (Lipinski definition) is 0. The van der Waals surface area contributed by atoms with Gasteiger partial charge >= 0.3 is 5.97 Å². The summed E-state index contributed by atoms with van der Waals surface area (Å²) in [6.07, 6.45) is 4.62. The second kappa shape index (κ2) is 11.7. The number of aromatic nitrogens is 1. The number of nitro groups is 1. The zero-order valence-corrected chi connectivity index (χ0v) is 22.1. The maximum atomic E-state index is 13.8. The summed E-state index contributed by atoms with van der Waals surface area (Å²) in [6.45, 7) is 9.16. The van der Waals surface area contributed by atoms with Crippen molar-refractivity contribution in [2.75, 3.05) is 20.3 Å². The van der Waals surface area contributed by atoms with Gasteiger partial charge < -0.3 is 14.2 Å². The van der Waals surface area contributed by atoms with E-state index in [9.17, 15) is 19.7 Å². The molecule has 1 aliphatic heterocycles. The molecular formula is C28H25N3O7S. The van der Waals surface area contributed by atoms with Crippen LogP contribution < -0.4 is 24.4 Å². The molecule has 0 bridgehead atoms. The summed E-state index contributed by atoms with van der Waals surface area (Å²) in [5, 5.41) is 11.2. The number of hydrogen-bond acceptors (Lipinski definition) is 9. The van der Waals surface area contributed by atoms with Gasteiger partial charge in [-0.15, -0.1) is 0 Å². The molecule has 11 heteroatoms. The number of rotatable bonds is 10. The van der Waals surface area contributed by atoms with Gasteiger partial charge in [0.05, 0.1) is 33.9 Å². The molecule has 200 valence electrons. The number of nitrogens with zero attached hydrogens (tertiary/aromatic N) is 3. The van der Waals surface area contributed by atoms with E-state index < -0.39 is 22.5 Å². The number of allylic oxidation sites excluding steroid dienone is 1. The van der Waals surface area contributed by atoms with Crippen molar-refractivity contribution in [3.63, 3.8) is 0 Å². The number of thiazole rings is 1. The molecular weight excluding hydrogens is 522 g/mol. The third-order valence-corrected chi connectivity index (χ3v) is 6.80. The summed E-state index contributed by atoms with van der Waals surface area (Å²) < 4.78 is 18.3. The number of non-ortho nitro benzene ring substituents is 1. The number of nitro benzene ring substituents is 1. The second-order valence-corrected chi connectivity index (χ2v) is 9.34. The number of benzene rings is 2. The topological polar surface area (TPSA) is 122 Å². The average Bonchev–Trinajstić information content (AvgIpc) is 3.23. The van der Waals surface area contributed by atoms with Crippen molar-refractivity contribution in [1.29, 1.82) is 0 Å². The SMILES string of the molecule is C=CCOC(=O)C1=C(C)N=c2sc(=Cc3cccc([N+](=O)[O-])c3)c(=O)n2C1c1ccc(OCC=C)c(OC)c1. The standard InChI is InChI=1S/C28H25N3O7S/c1-5-12-37-21-11-10-19(16-22(21)36-4)25-24(27(33)38-13-6-2)17(3)29-28-30(25)26(32)23(39-28)15-18-8-7-9-20(14-18)31(34)35/h5-11,14-16,25H,1-2,12-13H2,3-4H3. The number of esters is 1. The van der Waals surface area contributed by atoms with Gasteiger partial charge in [-0.3, -0.25) is 19.5 Å². The molecule has 0 amide bonds. The predicted molar refractivity (Wildman–Crippen MR) is 147 cm³/mol. The number of carbonyl (C=O) groups is 1. The van der Waals surface area contributed by atoms with Crippen LogP contribution in [0.3, 0.4) is 0 Å². The van der Waals surface area contributed by atoms with Crippen LogP contribution in [-0.2, 0) is 9.53 Å². The van der Waals surface area contributed by atoms with Gasteiger partial charge in [-0.05, 0) is 36.3 Å². The summed E-state index contributed by atoms with van der Waals surface area (Å²) in [4.78, 5) is 42.6. The van der Waals surface area contributed by atoms with Gasteiger partial charge in [0.1, 0.15) is 13.2 Å². The molecule has 2 heterocycles. The van der Waals surface area contributed by atoms with E-state index in [1.54, 1.807) is 49.4 Å². The first kappa shape index (κ1) is 27.3. The van der Waals surface area contributed by atoms with Crippen molar-refractivity contribution in [2.24, 2.45) is 4.99 Å². The van der Waals surface area contributed by atoms with Gasteiger partial charge in [-0.1, -0.05) is 54.8 Å². The van der Waals surface area contributed by atoms with E-state index in [4.69, 9.17) is 14.2 Å². The third-order valence-electron chi connectivity index (χ3n) is 5.81. The molecule has 1 aromatic heterocycles. The normalized spacial score (nSPS) is 14.7. The van der Waals surface area contributed by atoms with E-state index in [0.29, 0.717) is 37.7 Å². The van der Waals surface area contributed by atoms with Crippen LogP contribution in [0.4, 0.5) is 5.69 Å². The minimum Gasteiger partial charge on any atom is -0.493 e. The Morgan fingerprint density at radius 3 is 2.64 bits per heavy atom. The van der Waals surface area contributed by atoms with Crippen molar-refractivity contribution < 1.29 is 23.9 Å². The Bertz CT molecular complexity index is 1680. The Morgan fingerprint density at radius 1 is 1.18 bits per heavy atom. The molecule has 3 aromatic rings. The van der Waals surface area contributed by atoms with Crippen molar-refractivity contribution in [3.05, 3.63) is 120 Å². The molecule has 0 saturated heterocycles. The highest BCUT2D eigenvalue weighted by Gasteiger charge is 2.34. The van der Waals surface area contributed by atoms with E-state index in [-0.39, 0.29) is 24.5 Å². The third kappa shape index (κ3) is 5.58. The fourth-order valence-electron chi connectivity index (χ4n) is 4.11. The Labute approximate surface area is 227 Å². The molecule has 39 heavy (non-hydrogen) atoms. The lowest BCUT2D eigenvalue weighted by molar-refractivity contribution is -0.384. The Balaban J connectivity index is 1.93. The van der Waals surface area contributed by atoms with Crippen LogP contribution in [0.25, 0.3) is 6.08 Å². The zero-order chi connectivity index (χ0) is 28.1. The maximum absolute atomic E-state index is 13.8. The number of fused-ring (bicyclic) bond motifs is 1. The van der Waals surface area contributed by atoms with Crippen LogP contribution in [0, 0.1) is 10.1 Å². The fraction of sp³-hybridized carbons (Fsp3) is 0.179. The molecule has 1 aliphatic rings. The Kier molecular flexibility index (Phi) is 8.21. The molecule has 0 saturated carbocycles. The van der Waals surface area contributed by atoms with E-state index in [1.807, 2.05) is 0 Å². The van der Waals surface area contributed by atoms with Crippen LogP contribution in [0.5, 0.6) is 11.5 Å². The van der Waals surface area contributed by atoms with Crippen LogP contribution in [0.1, 0.15) is 24.1 Å². The van der Waals surface area contributed by atoms with Gasteiger partial charge in [0.15, 0.2) is 16.3 Å². The van der Waals surface area contributed by atoms with Gasteiger partial charge in [0.25, 0.3) is 11.2 Å². The smallest absolute Gasteiger partial charge is 0.338 e. The lowest BCUT2D eigenvalue weighted by atomic mass is 9.95. The molecule has 1 unspecified atom stereocenters. The lowest BCUT2D eigenvalue weighted by Gasteiger charge is -2.25. The Hall–Kier alpha value is -4.77. The van der Waals surface area contributed by atoms with Crippen molar-refractivity contribution in [2.45, 2.75) is 13.0 Å². The fourth-order valence-corrected chi connectivity index (χ4v) is 5.16. The first-order chi connectivity index (χ1) is 18.8. The lowest BCUT2D eigenvalue weighted by Crippen LogP contribution is -2.40. The number of methoxy groups -OCH3 is 1. The molecule has 0 fully saturated rings. The van der Waals surface area contributed by atoms with Gasteiger partial charge in [-0.25, -0.2) is 9.79 Å². The van der Waals surface area contributed by atoms with E-state index in [0.717, 1.165) is 11.3 Å². The van der Waals surface area contributed by atoms with Crippen molar-refractivity contribution in [1.82, 2.24) is 4.57 Å². The molecule has 0 radical (unpaired) electrons. The van der Waals surface area contributed by atoms with E-state index >= 15 is 0 Å². The van der Waals surface area contributed by atoms with E-state index in [2.05, 4.69) is 18.2 Å². The highest BCUT2D eigenvalue weighted by Crippen LogP contribution is 2.36. The Morgan fingerprint density at radius 2 is 1.95 bits per heavy atom. The minimum atomic E-state index is -0.881. The molecule has 10 nitrogen and oxygen atoms in total. The highest BCUT2D eigenvalue weighted by atomic mass is 32.1. The zero-order valence-electron chi connectivity index (χ0n) is 21.3. The summed E-state index contributed by atoms with van der Waals surface area (Å²) in [5.74, 6) is 0.234. The summed E-state index contributed by atoms with van der Waals surface area (Å²) in [5.41, 5.74) is 1.13. The summed E-state index contributed by atoms with van der Waals surface area (Å²) >= 11 is 1.12. The molecule has 0 spiro atoms. The average molecular weight is 548 g/mol. The first-order valence-electron chi connectivity index (χ1n) is 11.8. The minimum absolute atomic E-state index is 0.0167. The monoisotopic (exact) mass is 547 g/mol. The molecule has 0 aliphatic carbocycles. The maximum Gasteiger partial charge on any atom is 0.338 e.